The van der Waals surface area contributed by atoms with Gasteiger partial charge in [-0.3, -0.25) is 4.79 Å². The summed E-state index contributed by atoms with van der Waals surface area (Å²) in [5, 5.41) is 3.90. The van der Waals surface area contributed by atoms with E-state index in [1.807, 2.05) is 42.1 Å². The van der Waals surface area contributed by atoms with Crippen molar-refractivity contribution in [3.05, 3.63) is 54.2 Å². The Morgan fingerprint density at radius 3 is 2.61 bits per heavy atom. The molecule has 1 amide bonds. The van der Waals surface area contributed by atoms with E-state index in [9.17, 15) is 4.79 Å². The summed E-state index contributed by atoms with van der Waals surface area (Å²) in [5.74, 6) is 1.04. The van der Waals surface area contributed by atoms with E-state index in [1.165, 1.54) is 0 Å². The van der Waals surface area contributed by atoms with Crippen LogP contribution in [0, 0.1) is 0 Å². The van der Waals surface area contributed by atoms with Crippen molar-refractivity contribution in [3.8, 4) is 11.5 Å². The standard InChI is InChI=1S/C18H18N2O3/c1-20-9-8-12-10-13(4-7-16(12)20)18(21)19-15-6-5-14(22-2)11-17(15)23-3/h4-11H,1-3H3,(H,19,21). The fraction of sp³-hybridized carbons (Fsp3) is 0.167. The summed E-state index contributed by atoms with van der Waals surface area (Å²) in [6.45, 7) is 0. The number of hydrogen-bond donors (Lipinski definition) is 1. The molecule has 5 nitrogen and oxygen atoms in total. The lowest BCUT2D eigenvalue weighted by atomic mass is 10.1. The maximum Gasteiger partial charge on any atom is 0.255 e. The molecule has 1 N–H and O–H groups in total. The van der Waals surface area contributed by atoms with Gasteiger partial charge in [-0.05, 0) is 36.4 Å². The van der Waals surface area contributed by atoms with E-state index in [2.05, 4.69) is 5.32 Å². The van der Waals surface area contributed by atoms with Gasteiger partial charge in [0, 0.05) is 35.8 Å². The molecule has 118 valence electrons. The molecule has 5 heteroatoms. The fourth-order valence-electron chi connectivity index (χ4n) is 2.52. The van der Waals surface area contributed by atoms with Gasteiger partial charge in [-0.2, -0.15) is 0 Å². The van der Waals surface area contributed by atoms with Crippen LogP contribution in [0.15, 0.2) is 48.7 Å². The van der Waals surface area contributed by atoms with Crippen LogP contribution in [0.4, 0.5) is 5.69 Å². The minimum atomic E-state index is -0.181. The number of anilines is 1. The van der Waals surface area contributed by atoms with Gasteiger partial charge in [0.25, 0.3) is 5.91 Å². The van der Waals surface area contributed by atoms with Gasteiger partial charge in [0.05, 0.1) is 19.9 Å². The number of hydrogen-bond acceptors (Lipinski definition) is 3. The minimum absolute atomic E-state index is 0.181. The molecule has 0 fully saturated rings. The Kier molecular flexibility index (Phi) is 3.93. The number of nitrogens with one attached hydrogen (secondary N) is 1. The number of nitrogens with zero attached hydrogens (tertiary/aromatic N) is 1. The molecular formula is C18H18N2O3. The Balaban J connectivity index is 1.88. The molecule has 0 saturated heterocycles. The van der Waals surface area contributed by atoms with Crippen molar-refractivity contribution < 1.29 is 14.3 Å². The van der Waals surface area contributed by atoms with Gasteiger partial charge in [-0.15, -0.1) is 0 Å². The molecule has 2 aromatic carbocycles. The lowest BCUT2D eigenvalue weighted by Crippen LogP contribution is -2.12. The number of ether oxygens (including phenoxy) is 2. The van der Waals surface area contributed by atoms with Crippen LogP contribution >= 0.6 is 0 Å². The van der Waals surface area contributed by atoms with Gasteiger partial charge in [-0.25, -0.2) is 0 Å². The van der Waals surface area contributed by atoms with E-state index >= 15 is 0 Å². The Labute approximate surface area is 134 Å². The summed E-state index contributed by atoms with van der Waals surface area (Å²) in [5.41, 5.74) is 2.29. The van der Waals surface area contributed by atoms with Crippen LogP contribution in [0.1, 0.15) is 10.4 Å². The monoisotopic (exact) mass is 310 g/mol. The molecule has 0 aliphatic rings. The third-order valence-electron chi connectivity index (χ3n) is 3.80. The fourth-order valence-corrected chi connectivity index (χ4v) is 2.52. The highest BCUT2D eigenvalue weighted by Crippen LogP contribution is 2.29. The zero-order valence-corrected chi connectivity index (χ0v) is 13.3. The summed E-state index contributed by atoms with van der Waals surface area (Å²) in [7, 11) is 5.12. The van der Waals surface area contributed by atoms with E-state index in [0.29, 0.717) is 22.7 Å². The van der Waals surface area contributed by atoms with Crippen LogP contribution in [-0.2, 0) is 7.05 Å². The minimum Gasteiger partial charge on any atom is -0.497 e. The predicted octanol–water partition coefficient (Wildman–Crippen LogP) is 3.45. The largest absolute Gasteiger partial charge is 0.497 e. The average Bonchev–Trinajstić information content (AvgIpc) is 2.95. The molecule has 3 rings (SSSR count). The number of methoxy groups -OCH3 is 2. The first-order chi connectivity index (χ1) is 11.1. The van der Waals surface area contributed by atoms with Crippen molar-refractivity contribution in [2.75, 3.05) is 19.5 Å². The lowest BCUT2D eigenvalue weighted by Gasteiger charge is -2.11. The molecule has 0 atom stereocenters. The summed E-state index contributed by atoms with van der Waals surface area (Å²) >= 11 is 0. The van der Waals surface area contributed by atoms with Gasteiger partial charge in [-0.1, -0.05) is 0 Å². The van der Waals surface area contributed by atoms with E-state index in [1.54, 1.807) is 32.4 Å². The highest BCUT2D eigenvalue weighted by molar-refractivity contribution is 6.07. The molecule has 3 aromatic rings. The van der Waals surface area contributed by atoms with Crippen molar-refractivity contribution >= 4 is 22.5 Å². The third-order valence-corrected chi connectivity index (χ3v) is 3.80. The van der Waals surface area contributed by atoms with Gasteiger partial charge in [0.15, 0.2) is 0 Å². The Hall–Kier alpha value is -2.95. The second-order valence-corrected chi connectivity index (χ2v) is 5.22. The van der Waals surface area contributed by atoms with Crippen LogP contribution in [0.3, 0.4) is 0 Å². The number of rotatable bonds is 4. The first kappa shape index (κ1) is 15.0. The van der Waals surface area contributed by atoms with Crippen LogP contribution in [0.2, 0.25) is 0 Å². The van der Waals surface area contributed by atoms with E-state index in [0.717, 1.165) is 10.9 Å². The number of carbonyl (C=O) groups excluding carboxylic acids is 1. The molecule has 0 radical (unpaired) electrons. The van der Waals surface area contributed by atoms with E-state index in [-0.39, 0.29) is 5.91 Å². The predicted molar refractivity (Wildman–Crippen MR) is 90.4 cm³/mol. The topological polar surface area (TPSA) is 52.5 Å². The lowest BCUT2D eigenvalue weighted by molar-refractivity contribution is 0.102. The molecule has 0 spiro atoms. The molecule has 0 unspecified atom stereocenters. The number of amides is 1. The summed E-state index contributed by atoms with van der Waals surface area (Å²) in [6, 6.07) is 12.9. The van der Waals surface area contributed by atoms with Crippen molar-refractivity contribution in [3.63, 3.8) is 0 Å². The molecule has 23 heavy (non-hydrogen) atoms. The maximum absolute atomic E-state index is 12.5. The summed E-state index contributed by atoms with van der Waals surface area (Å²) in [4.78, 5) is 12.5. The normalized spacial score (nSPS) is 10.6. The zero-order valence-electron chi connectivity index (χ0n) is 13.3. The first-order valence-corrected chi connectivity index (χ1v) is 7.21. The van der Waals surface area contributed by atoms with Crippen LogP contribution in [-0.4, -0.2) is 24.7 Å². The quantitative estimate of drug-likeness (QED) is 0.803. The number of aromatic nitrogens is 1. The number of carbonyl (C=O) groups is 1. The number of fused-ring (bicyclic) bond motifs is 1. The highest BCUT2D eigenvalue weighted by atomic mass is 16.5. The molecule has 1 aromatic heterocycles. The molecule has 0 saturated carbocycles. The van der Waals surface area contributed by atoms with E-state index in [4.69, 9.17) is 9.47 Å². The van der Waals surface area contributed by atoms with Gasteiger partial charge >= 0.3 is 0 Å². The van der Waals surface area contributed by atoms with Crippen LogP contribution in [0.25, 0.3) is 10.9 Å². The van der Waals surface area contributed by atoms with E-state index < -0.39 is 0 Å². The van der Waals surface area contributed by atoms with Gasteiger partial charge in [0.1, 0.15) is 11.5 Å². The Bertz CT molecular complexity index is 868. The molecule has 1 heterocycles. The molecule has 0 bridgehead atoms. The third kappa shape index (κ3) is 2.85. The molecule has 0 aliphatic carbocycles. The smallest absolute Gasteiger partial charge is 0.255 e. The SMILES string of the molecule is COc1ccc(NC(=O)c2ccc3c(ccn3C)c2)c(OC)c1. The molecule has 0 aliphatic heterocycles. The Morgan fingerprint density at radius 2 is 1.87 bits per heavy atom. The van der Waals surface area contributed by atoms with Gasteiger partial charge < -0.3 is 19.4 Å². The summed E-state index contributed by atoms with van der Waals surface area (Å²) < 4.78 is 12.5. The van der Waals surface area contributed by atoms with Crippen molar-refractivity contribution in [2.24, 2.45) is 7.05 Å². The molecular weight excluding hydrogens is 292 g/mol. The maximum atomic E-state index is 12.5. The van der Waals surface area contributed by atoms with Crippen LogP contribution < -0.4 is 14.8 Å². The zero-order chi connectivity index (χ0) is 16.4. The van der Waals surface area contributed by atoms with Crippen molar-refractivity contribution in [1.29, 1.82) is 0 Å². The number of aryl methyl sites for hydroxylation is 1. The Morgan fingerprint density at radius 1 is 1.04 bits per heavy atom. The first-order valence-electron chi connectivity index (χ1n) is 7.21. The van der Waals surface area contributed by atoms with Crippen molar-refractivity contribution in [1.82, 2.24) is 4.57 Å². The van der Waals surface area contributed by atoms with Gasteiger partial charge in [0.2, 0.25) is 0 Å². The second-order valence-electron chi connectivity index (χ2n) is 5.22. The van der Waals surface area contributed by atoms with Crippen molar-refractivity contribution in [2.45, 2.75) is 0 Å². The highest BCUT2D eigenvalue weighted by Gasteiger charge is 2.12. The second kappa shape index (κ2) is 6.04. The van der Waals surface area contributed by atoms with Crippen LogP contribution in [0.5, 0.6) is 11.5 Å². The average molecular weight is 310 g/mol. The summed E-state index contributed by atoms with van der Waals surface area (Å²) in [6.07, 6.45) is 1.97. The number of benzene rings is 2.